The number of sulfonamides is 1. The fourth-order valence-electron chi connectivity index (χ4n) is 3.57. The minimum atomic E-state index is -3.54. The number of hydrogen-bond acceptors (Lipinski definition) is 4. The van der Waals surface area contributed by atoms with Crippen LogP contribution in [0, 0.1) is 11.8 Å². The molecule has 2 bridgehead atoms. The number of fused-ring (bicyclic) bond motifs is 2. The standard InChI is InChI=1S/C14H21N3O2S/c1-2-15-12-4-3-7-16-14(12)20(18,19)17-13-9-10-5-6-11(13)8-10/h3-4,7,10-11,13,15,17H,2,5-6,8-9H2,1H3. The number of rotatable bonds is 5. The predicted octanol–water partition coefficient (Wildman–Crippen LogP) is 1.98. The fourth-order valence-corrected chi connectivity index (χ4v) is 5.00. The van der Waals surface area contributed by atoms with E-state index >= 15 is 0 Å². The van der Waals surface area contributed by atoms with Crippen LogP contribution in [0.5, 0.6) is 0 Å². The highest BCUT2D eigenvalue weighted by atomic mass is 32.2. The van der Waals surface area contributed by atoms with E-state index in [2.05, 4.69) is 15.0 Å². The Bertz CT molecular complexity index is 588. The van der Waals surface area contributed by atoms with E-state index in [-0.39, 0.29) is 11.1 Å². The molecule has 6 heteroatoms. The lowest BCUT2D eigenvalue weighted by atomic mass is 9.96. The summed E-state index contributed by atoms with van der Waals surface area (Å²) in [5.41, 5.74) is 0.575. The molecule has 0 aliphatic heterocycles. The molecule has 0 aromatic carbocycles. The maximum absolute atomic E-state index is 12.5. The number of hydrogen-bond donors (Lipinski definition) is 2. The second-order valence-electron chi connectivity index (χ2n) is 5.79. The summed E-state index contributed by atoms with van der Waals surface area (Å²) in [6.45, 7) is 2.61. The lowest BCUT2D eigenvalue weighted by molar-refractivity contribution is 0.390. The van der Waals surface area contributed by atoms with Gasteiger partial charge in [0.15, 0.2) is 5.03 Å². The highest BCUT2D eigenvalue weighted by molar-refractivity contribution is 7.89. The molecule has 1 aromatic heterocycles. The van der Waals surface area contributed by atoms with Crippen LogP contribution >= 0.6 is 0 Å². The molecule has 2 saturated carbocycles. The molecule has 20 heavy (non-hydrogen) atoms. The van der Waals surface area contributed by atoms with Gasteiger partial charge >= 0.3 is 0 Å². The maximum Gasteiger partial charge on any atom is 0.260 e. The lowest BCUT2D eigenvalue weighted by Crippen LogP contribution is -2.39. The average Bonchev–Trinajstić information content (AvgIpc) is 3.01. The van der Waals surface area contributed by atoms with Crippen LogP contribution in [0.1, 0.15) is 32.6 Å². The van der Waals surface area contributed by atoms with Crippen molar-refractivity contribution in [1.82, 2.24) is 9.71 Å². The van der Waals surface area contributed by atoms with E-state index in [1.807, 2.05) is 6.92 Å². The summed E-state index contributed by atoms with van der Waals surface area (Å²) in [4.78, 5) is 4.06. The van der Waals surface area contributed by atoms with Crippen LogP contribution in [0.2, 0.25) is 0 Å². The summed E-state index contributed by atoms with van der Waals surface area (Å²) >= 11 is 0. The molecule has 2 aliphatic carbocycles. The normalized spacial score (nSPS) is 28.8. The van der Waals surface area contributed by atoms with E-state index in [0.29, 0.717) is 24.1 Å². The zero-order valence-corrected chi connectivity index (χ0v) is 12.5. The Labute approximate surface area is 120 Å². The van der Waals surface area contributed by atoms with Gasteiger partial charge in [-0.05, 0) is 50.2 Å². The van der Waals surface area contributed by atoms with Crippen molar-refractivity contribution >= 4 is 15.7 Å². The molecule has 1 aromatic rings. The largest absolute Gasteiger partial charge is 0.383 e. The van der Waals surface area contributed by atoms with Crippen LogP contribution < -0.4 is 10.0 Å². The summed E-state index contributed by atoms with van der Waals surface area (Å²) in [5.74, 6) is 1.23. The Hall–Kier alpha value is -1.14. The number of pyridine rings is 1. The first-order valence-corrected chi connectivity index (χ1v) is 8.79. The summed E-state index contributed by atoms with van der Waals surface area (Å²) in [6, 6.07) is 3.59. The first-order valence-electron chi connectivity index (χ1n) is 7.31. The fraction of sp³-hybridized carbons (Fsp3) is 0.643. The molecule has 0 spiro atoms. The topological polar surface area (TPSA) is 71.1 Å². The minimum Gasteiger partial charge on any atom is -0.383 e. The minimum absolute atomic E-state index is 0.0928. The van der Waals surface area contributed by atoms with E-state index in [1.54, 1.807) is 12.1 Å². The summed E-state index contributed by atoms with van der Waals surface area (Å²) in [6.07, 6.45) is 6.09. The number of nitrogens with zero attached hydrogens (tertiary/aromatic N) is 1. The van der Waals surface area contributed by atoms with Crippen LogP contribution in [0.15, 0.2) is 23.4 Å². The third kappa shape index (κ3) is 2.54. The van der Waals surface area contributed by atoms with Crippen molar-refractivity contribution < 1.29 is 8.42 Å². The van der Waals surface area contributed by atoms with E-state index in [9.17, 15) is 8.42 Å². The SMILES string of the molecule is CCNc1cccnc1S(=O)(=O)NC1CC2CCC1C2. The number of anilines is 1. The van der Waals surface area contributed by atoms with Gasteiger partial charge in [0, 0.05) is 18.8 Å². The van der Waals surface area contributed by atoms with Gasteiger partial charge in [-0.25, -0.2) is 18.1 Å². The van der Waals surface area contributed by atoms with Crippen molar-refractivity contribution in [2.75, 3.05) is 11.9 Å². The van der Waals surface area contributed by atoms with Crippen molar-refractivity contribution in [2.45, 2.75) is 43.7 Å². The quantitative estimate of drug-likeness (QED) is 0.871. The Morgan fingerprint density at radius 3 is 2.85 bits per heavy atom. The van der Waals surface area contributed by atoms with Crippen molar-refractivity contribution in [3.63, 3.8) is 0 Å². The molecular formula is C14H21N3O2S. The molecule has 2 N–H and O–H groups in total. The molecule has 3 rings (SSSR count). The zero-order valence-electron chi connectivity index (χ0n) is 11.7. The van der Waals surface area contributed by atoms with Gasteiger partial charge in [0.1, 0.15) is 0 Å². The van der Waals surface area contributed by atoms with Gasteiger partial charge in [-0.3, -0.25) is 0 Å². The molecule has 0 amide bonds. The van der Waals surface area contributed by atoms with Gasteiger partial charge in [-0.1, -0.05) is 6.42 Å². The summed E-state index contributed by atoms with van der Waals surface area (Å²) in [5, 5.41) is 3.17. The van der Waals surface area contributed by atoms with Gasteiger partial charge < -0.3 is 5.32 Å². The van der Waals surface area contributed by atoms with E-state index in [0.717, 1.165) is 12.8 Å². The van der Waals surface area contributed by atoms with E-state index in [1.165, 1.54) is 19.0 Å². The molecular weight excluding hydrogens is 274 g/mol. The first kappa shape index (κ1) is 13.8. The Balaban J connectivity index is 1.81. The Morgan fingerprint density at radius 1 is 1.35 bits per heavy atom. The van der Waals surface area contributed by atoms with Crippen LogP contribution in [-0.2, 0) is 10.0 Å². The molecule has 3 unspecified atom stereocenters. The number of nitrogens with one attached hydrogen (secondary N) is 2. The third-order valence-electron chi connectivity index (χ3n) is 4.44. The Morgan fingerprint density at radius 2 is 2.20 bits per heavy atom. The monoisotopic (exact) mass is 295 g/mol. The van der Waals surface area contributed by atoms with Crippen LogP contribution in [0.4, 0.5) is 5.69 Å². The average molecular weight is 295 g/mol. The number of aromatic nitrogens is 1. The zero-order chi connectivity index (χ0) is 14.2. The van der Waals surface area contributed by atoms with Gasteiger partial charge in [-0.15, -0.1) is 0 Å². The maximum atomic E-state index is 12.5. The molecule has 1 heterocycles. The second-order valence-corrected chi connectivity index (χ2v) is 7.42. The van der Waals surface area contributed by atoms with E-state index < -0.39 is 10.0 Å². The van der Waals surface area contributed by atoms with Crippen LogP contribution in [-0.4, -0.2) is 26.0 Å². The van der Waals surface area contributed by atoms with Crippen molar-refractivity contribution in [2.24, 2.45) is 11.8 Å². The first-order chi connectivity index (χ1) is 9.60. The molecule has 2 aliphatic rings. The van der Waals surface area contributed by atoms with E-state index in [4.69, 9.17) is 0 Å². The highest BCUT2D eigenvalue weighted by Gasteiger charge is 2.41. The van der Waals surface area contributed by atoms with Crippen molar-refractivity contribution in [1.29, 1.82) is 0 Å². The van der Waals surface area contributed by atoms with Crippen molar-refractivity contribution in [3.8, 4) is 0 Å². The molecule has 2 fully saturated rings. The molecule has 5 nitrogen and oxygen atoms in total. The molecule has 0 radical (unpaired) electrons. The molecule has 0 saturated heterocycles. The lowest BCUT2D eigenvalue weighted by Gasteiger charge is -2.23. The van der Waals surface area contributed by atoms with Gasteiger partial charge in [0.05, 0.1) is 5.69 Å². The summed E-state index contributed by atoms with van der Waals surface area (Å²) in [7, 11) is -3.54. The Kier molecular flexibility index (Phi) is 3.69. The summed E-state index contributed by atoms with van der Waals surface area (Å²) < 4.78 is 28.0. The van der Waals surface area contributed by atoms with Gasteiger partial charge in [-0.2, -0.15) is 0 Å². The van der Waals surface area contributed by atoms with Crippen LogP contribution in [0.3, 0.4) is 0 Å². The van der Waals surface area contributed by atoms with Crippen molar-refractivity contribution in [3.05, 3.63) is 18.3 Å². The van der Waals surface area contributed by atoms with Crippen LogP contribution in [0.25, 0.3) is 0 Å². The smallest absolute Gasteiger partial charge is 0.260 e. The molecule has 110 valence electrons. The molecule has 3 atom stereocenters. The van der Waals surface area contributed by atoms with Gasteiger partial charge in [0.2, 0.25) is 0 Å². The second kappa shape index (κ2) is 5.33. The third-order valence-corrected chi connectivity index (χ3v) is 5.89. The predicted molar refractivity (Wildman–Crippen MR) is 78.0 cm³/mol. The highest BCUT2D eigenvalue weighted by Crippen LogP contribution is 2.44. The van der Waals surface area contributed by atoms with Gasteiger partial charge in [0.25, 0.3) is 10.0 Å².